The Hall–Kier alpha value is -1.99. The van der Waals surface area contributed by atoms with Gasteiger partial charge in [0.1, 0.15) is 10.8 Å². The summed E-state index contributed by atoms with van der Waals surface area (Å²) in [6, 6.07) is 6.16. The molecule has 0 radical (unpaired) electrons. The summed E-state index contributed by atoms with van der Waals surface area (Å²) in [7, 11) is 0. The summed E-state index contributed by atoms with van der Waals surface area (Å²) in [5.41, 5.74) is 1.10. The topological polar surface area (TPSA) is 50.3 Å². The van der Waals surface area contributed by atoms with Crippen LogP contribution in [0.25, 0.3) is 10.6 Å². The number of allylic oxidation sites excluding steroid dienone is 1. The van der Waals surface area contributed by atoms with Crippen LogP contribution in [0.3, 0.4) is 0 Å². The van der Waals surface area contributed by atoms with Crippen LogP contribution in [0.15, 0.2) is 40.8 Å². The predicted molar refractivity (Wildman–Crippen MR) is 103 cm³/mol. The van der Waals surface area contributed by atoms with Gasteiger partial charge in [-0.3, -0.25) is 14.5 Å². The predicted octanol–water partition coefficient (Wildman–Crippen LogP) is 4.48. The number of hydrogen-bond donors (Lipinski definition) is 0. The highest BCUT2D eigenvalue weighted by Gasteiger charge is 2.30. The van der Waals surface area contributed by atoms with E-state index in [1.165, 1.54) is 35.2 Å². The second-order valence-electron chi connectivity index (χ2n) is 7.02. The highest BCUT2D eigenvalue weighted by Crippen LogP contribution is 2.33. The largest absolute Gasteiger partial charge is 0.300 e. The van der Waals surface area contributed by atoms with E-state index >= 15 is 0 Å². The van der Waals surface area contributed by atoms with Gasteiger partial charge < -0.3 is 0 Å². The van der Waals surface area contributed by atoms with Gasteiger partial charge in [0.25, 0.3) is 0 Å². The molecule has 1 aromatic heterocycles. The molecule has 0 aliphatic carbocycles. The van der Waals surface area contributed by atoms with Crippen LogP contribution in [0, 0.1) is 11.2 Å². The van der Waals surface area contributed by atoms with E-state index in [1.54, 1.807) is 23.1 Å². The van der Waals surface area contributed by atoms with Crippen molar-refractivity contribution in [2.24, 2.45) is 5.41 Å². The van der Waals surface area contributed by atoms with E-state index in [0.717, 1.165) is 16.3 Å². The van der Waals surface area contributed by atoms with Crippen molar-refractivity contribution in [3.63, 3.8) is 0 Å². The number of aromatic nitrogens is 1. The third-order valence-corrected chi connectivity index (χ3v) is 5.83. The zero-order valence-corrected chi connectivity index (χ0v) is 16.4. The second-order valence-corrected chi connectivity index (χ2v) is 8.87. The molecule has 0 spiro atoms. The number of amides is 1. The van der Waals surface area contributed by atoms with Crippen LogP contribution in [0.4, 0.5) is 4.39 Å². The molecule has 1 fully saturated rings. The fourth-order valence-electron chi connectivity index (χ4n) is 2.30. The van der Waals surface area contributed by atoms with Gasteiger partial charge >= 0.3 is 0 Å². The van der Waals surface area contributed by atoms with Crippen LogP contribution in [-0.2, 0) is 16.1 Å². The lowest BCUT2D eigenvalue weighted by atomic mass is 9.91. The molecule has 1 amide bonds. The Kier molecular flexibility index (Phi) is 5.29. The number of hydrogen-bond acceptors (Lipinski definition) is 5. The molecule has 2 heterocycles. The highest BCUT2D eigenvalue weighted by atomic mass is 32.2. The lowest BCUT2D eigenvalue weighted by Crippen LogP contribution is -2.26. The smallest absolute Gasteiger partial charge is 0.238 e. The summed E-state index contributed by atoms with van der Waals surface area (Å²) in [4.78, 5) is 30.7. The zero-order chi connectivity index (χ0) is 18.9. The number of carbonyl (C=O) groups excluding carboxylic acids is 2. The minimum absolute atomic E-state index is 0.00928. The van der Waals surface area contributed by atoms with Gasteiger partial charge in [-0.25, -0.2) is 9.37 Å². The zero-order valence-electron chi connectivity index (χ0n) is 14.8. The van der Waals surface area contributed by atoms with Crippen molar-refractivity contribution in [1.29, 1.82) is 0 Å². The van der Waals surface area contributed by atoms with E-state index in [0.29, 0.717) is 17.3 Å². The highest BCUT2D eigenvalue weighted by molar-refractivity contribution is 8.04. The maximum Gasteiger partial charge on any atom is 0.238 e. The van der Waals surface area contributed by atoms with E-state index in [2.05, 4.69) is 4.98 Å². The van der Waals surface area contributed by atoms with Gasteiger partial charge in [-0.2, -0.15) is 0 Å². The number of benzene rings is 1. The number of ketones is 1. The molecule has 0 unspecified atom stereocenters. The van der Waals surface area contributed by atoms with Crippen LogP contribution in [0.2, 0.25) is 0 Å². The van der Waals surface area contributed by atoms with Gasteiger partial charge in [0.05, 0.1) is 23.0 Å². The van der Waals surface area contributed by atoms with Crippen molar-refractivity contribution < 1.29 is 14.0 Å². The third-order valence-electron chi connectivity index (χ3n) is 3.87. The fourth-order valence-corrected chi connectivity index (χ4v) is 4.05. The number of rotatable bonds is 4. The van der Waals surface area contributed by atoms with Crippen molar-refractivity contribution in [3.05, 3.63) is 52.3 Å². The van der Waals surface area contributed by atoms with Gasteiger partial charge in [-0.15, -0.1) is 11.3 Å². The van der Waals surface area contributed by atoms with Gasteiger partial charge in [0, 0.05) is 22.4 Å². The maximum absolute atomic E-state index is 13.1. The first-order valence-corrected chi connectivity index (χ1v) is 10.0. The second kappa shape index (κ2) is 7.32. The number of halogens is 1. The Morgan fingerprint density at radius 1 is 1.31 bits per heavy atom. The van der Waals surface area contributed by atoms with Crippen molar-refractivity contribution in [2.75, 3.05) is 5.75 Å². The first-order valence-electron chi connectivity index (χ1n) is 8.14. The van der Waals surface area contributed by atoms with Gasteiger partial charge in [0.15, 0.2) is 5.78 Å². The van der Waals surface area contributed by atoms with Gasteiger partial charge in [-0.05, 0) is 24.3 Å². The molecule has 1 aliphatic rings. The average Bonchev–Trinajstić information content (AvgIpc) is 3.17. The lowest BCUT2D eigenvalue weighted by Gasteiger charge is -2.18. The Morgan fingerprint density at radius 3 is 2.65 bits per heavy atom. The third kappa shape index (κ3) is 4.22. The van der Waals surface area contributed by atoms with Crippen molar-refractivity contribution >= 4 is 34.8 Å². The molecule has 7 heteroatoms. The van der Waals surface area contributed by atoms with E-state index in [-0.39, 0.29) is 17.5 Å². The normalized spacial score (nSPS) is 16.5. The molecule has 26 heavy (non-hydrogen) atoms. The maximum atomic E-state index is 13.1. The standard InChI is InChI=1S/C19H19FN2O2S2/c1-19(2,3)15(23)8-17-22(16(24)11-25-17)9-14-10-26-18(21-14)12-4-6-13(20)7-5-12/h4-8,10H,9,11H2,1-3H3/b17-8+. The molecule has 0 saturated carbocycles. The molecule has 2 aromatic rings. The monoisotopic (exact) mass is 390 g/mol. The molecule has 1 aromatic carbocycles. The number of carbonyl (C=O) groups is 2. The van der Waals surface area contributed by atoms with Crippen LogP contribution in [0.1, 0.15) is 26.5 Å². The van der Waals surface area contributed by atoms with E-state index in [4.69, 9.17) is 0 Å². The van der Waals surface area contributed by atoms with Gasteiger partial charge in [-0.1, -0.05) is 32.5 Å². The molecule has 1 aliphatic heterocycles. The van der Waals surface area contributed by atoms with Crippen molar-refractivity contribution in [3.8, 4) is 10.6 Å². The summed E-state index contributed by atoms with van der Waals surface area (Å²) in [6.07, 6.45) is 1.56. The Morgan fingerprint density at radius 2 is 2.00 bits per heavy atom. The summed E-state index contributed by atoms with van der Waals surface area (Å²) in [5.74, 6) is 0.00543. The summed E-state index contributed by atoms with van der Waals surface area (Å²) < 4.78 is 13.1. The molecule has 136 valence electrons. The van der Waals surface area contributed by atoms with Crippen LogP contribution in [-0.4, -0.2) is 27.3 Å². The Labute approximate surface area is 160 Å². The molecule has 0 bridgehead atoms. The summed E-state index contributed by atoms with van der Waals surface area (Å²) in [6.45, 7) is 5.89. The number of thioether (sulfide) groups is 1. The number of thiazole rings is 1. The first kappa shape index (κ1) is 18.8. The molecule has 4 nitrogen and oxygen atoms in total. The minimum Gasteiger partial charge on any atom is -0.300 e. The quantitative estimate of drug-likeness (QED) is 0.722. The van der Waals surface area contributed by atoms with Gasteiger partial charge in [0.2, 0.25) is 5.91 Å². The van der Waals surface area contributed by atoms with Crippen LogP contribution < -0.4 is 0 Å². The fraction of sp³-hybridized carbons (Fsp3) is 0.316. The van der Waals surface area contributed by atoms with E-state index in [1.807, 2.05) is 26.2 Å². The first-order chi connectivity index (χ1) is 12.2. The molecule has 1 saturated heterocycles. The summed E-state index contributed by atoms with van der Waals surface area (Å²) >= 11 is 2.83. The SMILES string of the molecule is CC(C)(C)C(=O)/C=C1/SCC(=O)N1Cc1csc(-c2ccc(F)cc2)n1. The molecule has 0 N–H and O–H groups in total. The number of nitrogens with zero attached hydrogens (tertiary/aromatic N) is 2. The molecular formula is C19H19FN2O2S2. The van der Waals surface area contributed by atoms with Crippen LogP contribution >= 0.6 is 23.1 Å². The molecule has 0 atom stereocenters. The van der Waals surface area contributed by atoms with E-state index in [9.17, 15) is 14.0 Å². The molecule has 3 rings (SSSR count). The Bertz CT molecular complexity index is 866. The van der Waals surface area contributed by atoms with Crippen molar-refractivity contribution in [1.82, 2.24) is 9.88 Å². The van der Waals surface area contributed by atoms with E-state index < -0.39 is 5.41 Å². The summed E-state index contributed by atoms with van der Waals surface area (Å²) in [5, 5.41) is 3.33. The Balaban J connectivity index is 1.79. The molecular weight excluding hydrogens is 371 g/mol. The minimum atomic E-state index is -0.485. The van der Waals surface area contributed by atoms with Crippen LogP contribution in [0.5, 0.6) is 0 Å². The lowest BCUT2D eigenvalue weighted by molar-refractivity contribution is -0.125. The average molecular weight is 391 g/mol. The van der Waals surface area contributed by atoms with Crippen molar-refractivity contribution in [2.45, 2.75) is 27.3 Å².